The van der Waals surface area contributed by atoms with E-state index in [1.54, 1.807) is 31.2 Å². The molecule has 0 spiro atoms. The van der Waals surface area contributed by atoms with E-state index in [1.165, 1.54) is 0 Å². The average Bonchev–Trinajstić information content (AvgIpc) is 2.55. The van der Waals surface area contributed by atoms with Crippen LogP contribution in [0.1, 0.15) is 18.5 Å². The average molecular weight is 320 g/mol. The number of hydrogen-bond acceptors (Lipinski definition) is 3. The second-order valence-electron chi connectivity index (χ2n) is 4.87. The van der Waals surface area contributed by atoms with Gasteiger partial charge in [0.1, 0.15) is 5.75 Å². The molecule has 0 aliphatic carbocycles. The van der Waals surface area contributed by atoms with Crippen LogP contribution in [0.2, 0.25) is 5.02 Å². The van der Waals surface area contributed by atoms with Gasteiger partial charge in [-0.3, -0.25) is 4.79 Å². The summed E-state index contributed by atoms with van der Waals surface area (Å²) in [6.45, 7) is 1.48. The number of nitrogens with one attached hydrogen (secondary N) is 1. The van der Waals surface area contributed by atoms with Crippen molar-refractivity contribution in [1.29, 1.82) is 0 Å². The minimum absolute atomic E-state index is 0.177. The van der Waals surface area contributed by atoms with Crippen LogP contribution < -0.4 is 10.1 Å². The molecule has 0 fully saturated rings. The Kier molecular flexibility index (Phi) is 5.81. The number of aliphatic hydroxyl groups excluding tert-OH is 1. The first kappa shape index (κ1) is 16.3. The molecule has 2 aromatic carbocycles. The standard InChI is InChI=1S/C17H18ClNO3/c1-12(22-15-9-7-14(18)8-10-15)17(21)19-16(11-20)13-5-3-2-4-6-13/h2-10,12,16,20H,11H2,1H3,(H,19,21). The number of amides is 1. The maximum absolute atomic E-state index is 12.2. The van der Waals surface area contributed by atoms with Crippen LogP contribution in [-0.4, -0.2) is 23.7 Å². The summed E-state index contributed by atoms with van der Waals surface area (Å²) in [5, 5.41) is 12.8. The fourth-order valence-electron chi connectivity index (χ4n) is 1.98. The fourth-order valence-corrected chi connectivity index (χ4v) is 2.11. The topological polar surface area (TPSA) is 58.6 Å². The summed E-state index contributed by atoms with van der Waals surface area (Å²) in [5.74, 6) is 0.269. The van der Waals surface area contributed by atoms with Crippen LogP contribution in [0.4, 0.5) is 0 Å². The van der Waals surface area contributed by atoms with Gasteiger partial charge in [-0.25, -0.2) is 0 Å². The number of hydrogen-bond donors (Lipinski definition) is 2. The molecule has 0 aliphatic heterocycles. The van der Waals surface area contributed by atoms with E-state index in [0.717, 1.165) is 5.56 Å². The van der Waals surface area contributed by atoms with Gasteiger partial charge in [0.2, 0.25) is 0 Å². The third-order valence-corrected chi connectivity index (χ3v) is 3.45. The van der Waals surface area contributed by atoms with E-state index in [2.05, 4.69) is 5.32 Å². The lowest BCUT2D eigenvalue weighted by Gasteiger charge is -2.20. The van der Waals surface area contributed by atoms with Gasteiger partial charge < -0.3 is 15.2 Å². The smallest absolute Gasteiger partial charge is 0.261 e. The highest BCUT2D eigenvalue weighted by atomic mass is 35.5. The Balaban J connectivity index is 1.96. The van der Waals surface area contributed by atoms with Crippen molar-refractivity contribution in [3.63, 3.8) is 0 Å². The van der Waals surface area contributed by atoms with Crippen LogP contribution >= 0.6 is 11.6 Å². The number of benzene rings is 2. The quantitative estimate of drug-likeness (QED) is 0.860. The Bertz CT molecular complexity index is 601. The summed E-state index contributed by atoms with van der Waals surface area (Å²) < 4.78 is 5.56. The molecule has 0 saturated carbocycles. The second kappa shape index (κ2) is 7.82. The van der Waals surface area contributed by atoms with Gasteiger partial charge in [0.25, 0.3) is 5.91 Å². The Morgan fingerprint density at radius 1 is 1.18 bits per heavy atom. The van der Waals surface area contributed by atoms with Crippen molar-refractivity contribution < 1.29 is 14.6 Å². The highest BCUT2D eigenvalue weighted by molar-refractivity contribution is 6.30. The van der Waals surface area contributed by atoms with Gasteiger partial charge in [-0.2, -0.15) is 0 Å². The fraction of sp³-hybridized carbons (Fsp3) is 0.235. The van der Waals surface area contributed by atoms with E-state index in [1.807, 2.05) is 30.3 Å². The van der Waals surface area contributed by atoms with Gasteiger partial charge >= 0.3 is 0 Å². The molecule has 1 amide bonds. The van der Waals surface area contributed by atoms with Gasteiger partial charge in [-0.15, -0.1) is 0 Å². The second-order valence-corrected chi connectivity index (χ2v) is 5.30. The molecular formula is C17H18ClNO3. The molecule has 0 radical (unpaired) electrons. The van der Waals surface area contributed by atoms with E-state index in [4.69, 9.17) is 16.3 Å². The van der Waals surface area contributed by atoms with Crippen molar-refractivity contribution >= 4 is 17.5 Å². The molecule has 5 heteroatoms. The molecule has 22 heavy (non-hydrogen) atoms. The number of halogens is 1. The SMILES string of the molecule is CC(Oc1ccc(Cl)cc1)C(=O)NC(CO)c1ccccc1. The molecule has 0 saturated heterocycles. The van der Waals surface area contributed by atoms with Crippen LogP contribution in [0.25, 0.3) is 0 Å². The van der Waals surface area contributed by atoms with Gasteiger partial charge in [0.05, 0.1) is 12.6 Å². The van der Waals surface area contributed by atoms with Crippen LogP contribution in [0, 0.1) is 0 Å². The van der Waals surface area contributed by atoms with Crippen molar-refractivity contribution in [1.82, 2.24) is 5.32 Å². The number of carbonyl (C=O) groups is 1. The van der Waals surface area contributed by atoms with Gasteiger partial charge in [0.15, 0.2) is 6.10 Å². The number of rotatable bonds is 6. The van der Waals surface area contributed by atoms with Gasteiger partial charge in [0, 0.05) is 5.02 Å². The normalized spacial score (nSPS) is 13.2. The van der Waals surface area contributed by atoms with Crippen molar-refractivity contribution in [2.24, 2.45) is 0 Å². The summed E-state index contributed by atoms with van der Waals surface area (Å²) in [4.78, 5) is 12.2. The highest BCUT2D eigenvalue weighted by Gasteiger charge is 2.19. The van der Waals surface area contributed by atoms with Gasteiger partial charge in [-0.05, 0) is 36.8 Å². The van der Waals surface area contributed by atoms with E-state index in [-0.39, 0.29) is 12.5 Å². The number of aliphatic hydroxyl groups is 1. The summed E-state index contributed by atoms with van der Waals surface area (Å²) >= 11 is 5.80. The monoisotopic (exact) mass is 319 g/mol. The minimum Gasteiger partial charge on any atom is -0.481 e. The first-order chi connectivity index (χ1) is 10.6. The summed E-state index contributed by atoms with van der Waals surface area (Å²) in [6.07, 6.45) is -0.682. The van der Waals surface area contributed by atoms with Crippen LogP contribution in [0.5, 0.6) is 5.75 Å². The van der Waals surface area contributed by atoms with Crippen LogP contribution in [0.3, 0.4) is 0 Å². The van der Waals surface area contributed by atoms with E-state index in [9.17, 15) is 9.90 Å². The molecule has 116 valence electrons. The van der Waals surface area contributed by atoms with Crippen LogP contribution in [-0.2, 0) is 4.79 Å². The largest absolute Gasteiger partial charge is 0.481 e. The first-order valence-electron chi connectivity index (χ1n) is 6.98. The lowest BCUT2D eigenvalue weighted by molar-refractivity contribution is -0.128. The molecule has 0 heterocycles. The van der Waals surface area contributed by atoms with Crippen molar-refractivity contribution in [3.8, 4) is 5.75 Å². The molecule has 0 bridgehead atoms. The Labute approximate surface area is 134 Å². The zero-order valence-electron chi connectivity index (χ0n) is 12.2. The third-order valence-electron chi connectivity index (χ3n) is 3.20. The zero-order valence-corrected chi connectivity index (χ0v) is 13.0. The zero-order chi connectivity index (χ0) is 15.9. The lowest BCUT2D eigenvalue weighted by atomic mass is 10.1. The molecule has 2 N–H and O–H groups in total. The van der Waals surface area contributed by atoms with Crippen molar-refractivity contribution in [2.45, 2.75) is 19.1 Å². The predicted molar refractivity (Wildman–Crippen MR) is 86.0 cm³/mol. The van der Waals surface area contributed by atoms with Crippen molar-refractivity contribution in [2.75, 3.05) is 6.61 Å². The Hall–Kier alpha value is -2.04. The summed E-state index contributed by atoms with van der Waals surface area (Å²) in [5.41, 5.74) is 0.844. The van der Waals surface area contributed by atoms with E-state index < -0.39 is 12.1 Å². The molecule has 0 aliphatic rings. The Morgan fingerprint density at radius 3 is 2.41 bits per heavy atom. The number of ether oxygens (including phenoxy) is 1. The maximum Gasteiger partial charge on any atom is 0.261 e. The molecule has 4 nitrogen and oxygen atoms in total. The summed E-state index contributed by atoms with van der Waals surface area (Å²) in [6, 6.07) is 15.6. The van der Waals surface area contributed by atoms with Gasteiger partial charge in [-0.1, -0.05) is 41.9 Å². The molecule has 2 unspecified atom stereocenters. The van der Waals surface area contributed by atoms with E-state index in [0.29, 0.717) is 10.8 Å². The predicted octanol–water partition coefficient (Wildman–Crippen LogP) is 2.96. The van der Waals surface area contributed by atoms with Crippen molar-refractivity contribution in [3.05, 3.63) is 65.2 Å². The highest BCUT2D eigenvalue weighted by Crippen LogP contribution is 2.17. The maximum atomic E-state index is 12.2. The lowest BCUT2D eigenvalue weighted by Crippen LogP contribution is -2.39. The summed E-state index contributed by atoms with van der Waals surface area (Å²) in [7, 11) is 0. The molecule has 0 aromatic heterocycles. The van der Waals surface area contributed by atoms with Crippen LogP contribution in [0.15, 0.2) is 54.6 Å². The molecule has 2 rings (SSSR count). The Morgan fingerprint density at radius 2 is 1.82 bits per heavy atom. The minimum atomic E-state index is -0.682. The number of carbonyl (C=O) groups excluding carboxylic acids is 1. The molecule has 2 aromatic rings. The first-order valence-corrected chi connectivity index (χ1v) is 7.36. The molecular weight excluding hydrogens is 302 g/mol. The third kappa shape index (κ3) is 4.48. The van der Waals surface area contributed by atoms with E-state index >= 15 is 0 Å². The molecule has 2 atom stereocenters.